The molecule has 3 heterocycles. The monoisotopic (exact) mass is 531 g/mol. The van der Waals surface area contributed by atoms with E-state index in [0.717, 1.165) is 36.3 Å². The molecule has 0 aromatic heterocycles. The standard InChI is InChI=1S/C31H41N5O3/c1-31(2)25-10-6-7-11-27(25)36(29(31)38)24-15-18-35(19-16-24)28(37)26(13-12-22-8-4-3-5-9-22)34-30(39)33-21-23-14-17-32-20-23/h3-11,23-24,26,32H,12-21H2,1-2H3,(H2,33,34,39)/t23-,26+/m1/s1. The lowest BCUT2D eigenvalue weighted by Gasteiger charge is -2.38. The van der Waals surface area contributed by atoms with Gasteiger partial charge in [0.2, 0.25) is 11.8 Å². The number of fused-ring (bicyclic) bond motifs is 1. The van der Waals surface area contributed by atoms with Crippen molar-refractivity contribution in [3.05, 3.63) is 65.7 Å². The van der Waals surface area contributed by atoms with Gasteiger partial charge in [0.25, 0.3) is 0 Å². The van der Waals surface area contributed by atoms with Crippen LogP contribution in [0.4, 0.5) is 10.5 Å². The Labute approximate surface area is 231 Å². The number of anilines is 1. The summed E-state index contributed by atoms with van der Waals surface area (Å²) >= 11 is 0. The summed E-state index contributed by atoms with van der Waals surface area (Å²) in [4.78, 5) is 43.7. The van der Waals surface area contributed by atoms with Gasteiger partial charge in [0, 0.05) is 31.4 Å². The molecule has 8 heteroatoms. The Kier molecular flexibility index (Phi) is 8.21. The summed E-state index contributed by atoms with van der Waals surface area (Å²) in [6, 6.07) is 17.3. The Balaban J connectivity index is 1.22. The zero-order chi connectivity index (χ0) is 27.4. The number of nitrogens with one attached hydrogen (secondary N) is 3. The second-order valence-corrected chi connectivity index (χ2v) is 11.7. The van der Waals surface area contributed by atoms with Gasteiger partial charge >= 0.3 is 6.03 Å². The van der Waals surface area contributed by atoms with Crippen molar-refractivity contribution in [3.8, 4) is 0 Å². The number of amides is 4. The van der Waals surface area contributed by atoms with Crippen molar-refractivity contribution in [2.24, 2.45) is 5.92 Å². The van der Waals surface area contributed by atoms with Gasteiger partial charge in [0.1, 0.15) is 6.04 Å². The van der Waals surface area contributed by atoms with Crippen LogP contribution in [-0.4, -0.2) is 67.6 Å². The largest absolute Gasteiger partial charge is 0.341 e. The number of piperidine rings is 1. The summed E-state index contributed by atoms with van der Waals surface area (Å²) in [5, 5.41) is 9.27. The van der Waals surface area contributed by atoms with Crippen LogP contribution in [0.15, 0.2) is 54.6 Å². The molecule has 0 saturated carbocycles. The average Bonchev–Trinajstić information content (AvgIpc) is 3.55. The Morgan fingerprint density at radius 2 is 1.74 bits per heavy atom. The Hall–Kier alpha value is -3.39. The Morgan fingerprint density at radius 3 is 2.46 bits per heavy atom. The van der Waals surface area contributed by atoms with Crippen molar-refractivity contribution in [1.29, 1.82) is 0 Å². The number of hydrogen-bond donors (Lipinski definition) is 3. The fraction of sp³-hybridized carbons (Fsp3) is 0.516. The zero-order valence-corrected chi connectivity index (χ0v) is 23.1. The van der Waals surface area contributed by atoms with E-state index in [9.17, 15) is 14.4 Å². The molecule has 39 heavy (non-hydrogen) atoms. The lowest BCUT2D eigenvalue weighted by molar-refractivity contribution is -0.134. The molecule has 3 aliphatic rings. The normalized spacial score (nSPS) is 21.5. The smallest absolute Gasteiger partial charge is 0.315 e. The lowest BCUT2D eigenvalue weighted by atomic mass is 9.86. The highest BCUT2D eigenvalue weighted by atomic mass is 16.2. The second kappa shape index (κ2) is 11.8. The van der Waals surface area contributed by atoms with Crippen LogP contribution in [0.3, 0.4) is 0 Å². The highest BCUT2D eigenvalue weighted by Gasteiger charge is 2.46. The minimum atomic E-state index is -0.600. The van der Waals surface area contributed by atoms with Crippen molar-refractivity contribution < 1.29 is 14.4 Å². The molecule has 3 N–H and O–H groups in total. The highest BCUT2D eigenvalue weighted by Crippen LogP contribution is 2.43. The number of benzene rings is 2. The molecule has 0 radical (unpaired) electrons. The van der Waals surface area contributed by atoms with Crippen molar-refractivity contribution in [1.82, 2.24) is 20.9 Å². The van der Waals surface area contributed by atoms with E-state index in [1.165, 1.54) is 0 Å². The van der Waals surface area contributed by atoms with E-state index >= 15 is 0 Å². The molecule has 2 atom stereocenters. The summed E-state index contributed by atoms with van der Waals surface area (Å²) in [5.74, 6) is 0.511. The molecule has 3 aliphatic heterocycles. The van der Waals surface area contributed by atoms with E-state index in [0.29, 0.717) is 51.2 Å². The maximum absolute atomic E-state index is 13.7. The first-order valence-corrected chi connectivity index (χ1v) is 14.4. The van der Waals surface area contributed by atoms with Gasteiger partial charge in [-0.25, -0.2) is 4.79 Å². The van der Waals surface area contributed by atoms with Crippen LogP contribution in [-0.2, 0) is 21.4 Å². The van der Waals surface area contributed by atoms with Crippen LogP contribution < -0.4 is 20.9 Å². The van der Waals surface area contributed by atoms with Crippen molar-refractivity contribution in [3.63, 3.8) is 0 Å². The van der Waals surface area contributed by atoms with E-state index in [2.05, 4.69) is 16.0 Å². The molecule has 0 bridgehead atoms. The van der Waals surface area contributed by atoms with Gasteiger partial charge in [-0.3, -0.25) is 9.59 Å². The van der Waals surface area contributed by atoms with Gasteiger partial charge in [-0.05, 0) is 82.2 Å². The number of likely N-dealkylation sites (tertiary alicyclic amines) is 1. The van der Waals surface area contributed by atoms with Gasteiger partial charge in [-0.2, -0.15) is 0 Å². The Bertz CT molecular complexity index is 1170. The van der Waals surface area contributed by atoms with Crippen molar-refractivity contribution in [2.45, 2.75) is 63.5 Å². The molecular weight excluding hydrogens is 490 g/mol. The number of nitrogens with zero attached hydrogens (tertiary/aromatic N) is 2. The number of rotatable bonds is 8. The number of carbonyl (C=O) groups excluding carboxylic acids is 3. The maximum atomic E-state index is 13.7. The summed E-state index contributed by atoms with van der Waals surface area (Å²) in [6.45, 7) is 7.60. The molecule has 2 fully saturated rings. The first-order chi connectivity index (χ1) is 18.8. The molecule has 0 aliphatic carbocycles. The van der Waals surface area contributed by atoms with Crippen molar-refractivity contribution >= 4 is 23.5 Å². The summed E-state index contributed by atoms with van der Waals surface area (Å²) < 4.78 is 0. The second-order valence-electron chi connectivity index (χ2n) is 11.7. The summed E-state index contributed by atoms with van der Waals surface area (Å²) in [6.07, 6.45) is 3.72. The van der Waals surface area contributed by atoms with Crippen LogP contribution in [0.2, 0.25) is 0 Å². The fourth-order valence-electron chi connectivity index (χ4n) is 6.21. The highest BCUT2D eigenvalue weighted by molar-refractivity contribution is 6.08. The molecule has 5 rings (SSSR count). The van der Waals surface area contributed by atoms with E-state index < -0.39 is 11.5 Å². The van der Waals surface area contributed by atoms with E-state index in [4.69, 9.17) is 0 Å². The third-order valence-corrected chi connectivity index (χ3v) is 8.61. The predicted molar refractivity (Wildman–Crippen MR) is 153 cm³/mol. The quantitative estimate of drug-likeness (QED) is 0.488. The molecular formula is C31H41N5O3. The third kappa shape index (κ3) is 5.96. The van der Waals surface area contributed by atoms with E-state index in [1.54, 1.807) is 0 Å². The van der Waals surface area contributed by atoms with Crippen LogP contribution in [0.5, 0.6) is 0 Å². The Morgan fingerprint density at radius 1 is 1.03 bits per heavy atom. The van der Waals surface area contributed by atoms with E-state index in [-0.39, 0.29) is 23.9 Å². The molecule has 4 amide bonds. The molecule has 0 spiro atoms. The molecule has 208 valence electrons. The first-order valence-electron chi connectivity index (χ1n) is 14.4. The van der Waals surface area contributed by atoms with Crippen LogP contribution in [0.1, 0.15) is 50.7 Å². The fourth-order valence-corrected chi connectivity index (χ4v) is 6.21. The van der Waals surface area contributed by atoms with Gasteiger partial charge in [0.05, 0.1) is 5.41 Å². The number of hydrogen-bond acceptors (Lipinski definition) is 4. The van der Waals surface area contributed by atoms with Crippen LogP contribution in [0.25, 0.3) is 0 Å². The number of para-hydroxylation sites is 1. The summed E-state index contributed by atoms with van der Waals surface area (Å²) in [7, 11) is 0. The summed E-state index contributed by atoms with van der Waals surface area (Å²) in [5.41, 5.74) is 2.66. The SMILES string of the molecule is CC1(C)C(=O)N(C2CCN(C(=O)[C@H](CCc3ccccc3)NC(=O)NC[C@@H]3CCNC3)CC2)c2ccccc21. The van der Waals surface area contributed by atoms with Gasteiger partial charge < -0.3 is 25.8 Å². The number of carbonyl (C=O) groups is 3. The predicted octanol–water partition coefficient (Wildman–Crippen LogP) is 3.21. The number of urea groups is 1. The lowest BCUT2D eigenvalue weighted by Crippen LogP contribution is -2.55. The van der Waals surface area contributed by atoms with Crippen LogP contribution in [0, 0.1) is 5.92 Å². The number of aryl methyl sites for hydroxylation is 1. The average molecular weight is 532 g/mol. The van der Waals surface area contributed by atoms with Crippen molar-refractivity contribution in [2.75, 3.05) is 37.6 Å². The maximum Gasteiger partial charge on any atom is 0.315 e. The third-order valence-electron chi connectivity index (χ3n) is 8.61. The topological polar surface area (TPSA) is 93.8 Å². The molecule has 0 unspecified atom stereocenters. The van der Waals surface area contributed by atoms with Gasteiger partial charge in [0.15, 0.2) is 0 Å². The van der Waals surface area contributed by atoms with Crippen LogP contribution >= 0.6 is 0 Å². The van der Waals surface area contributed by atoms with E-state index in [1.807, 2.05) is 78.2 Å². The molecule has 8 nitrogen and oxygen atoms in total. The first kappa shape index (κ1) is 27.2. The minimum Gasteiger partial charge on any atom is -0.341 e. The molecule has 2 saturated heterocycles. The zero-order valence-electron chi connectivity index (χ0n) is 23.1. The molecule has 2 aromatic carbocycles. The van der Waals surface area contributed by atoms with Gasteiger partial charge in [-0.15, -0.1) is 0 Å². The minimum absolute atomic E-state index is 0.0458. The molecule has 2 aromatic rings. The van der Waals surface area contributed by atoms with Gasteiger partial charge in [-0.1, -0.05) is 48.5 Å².